The number of halogens is 1. The molecule has 0 heterocycles. The third-order valence-electron chi connectivity index (χ3n) is 4.14. The van der Waals surface area contributed by atoms with Gasteiger partial charge in [-0.1, -0.05) is 24.4 Å². The lowest BCUT2D eigenvalue weighted by molar-refractivity contribution is 0.230. The van der Waals surface area contributed by atoms with Gasteiger partial charge in [0.25, 0.3) is 0 Å². The average molecular weight is 298 g/mol. The van der Waals surface area contributed by atoms with Crippen molar-refractivity contribution in [2.45, 2.75) is 51.0 Å². The van der Waals surface area contributed by atoms with Gasteiger partial charge in [-0.3, -0.25) is 0 Å². The van der Waals surface area contributed by atoms with E-state index in [9.17, 15) is 0 Å². The summed E-state index contributed by atoms with van der Waals surface area (Å²) in [6.45, 7) is 4.60. The fourth-order valence-corrected chi connectivity index (χ4v) is 3.44. The Morgan fingerprint density at radius 2 is 1.90 bits per heavy atom. The zero-order valence-electron chi connectivity index (χ0n) is 12.5. The molecular formula is C16H24ClNO2. The van der Waals surface area contributed by atoms with Crippen LogP contribution in [-0.2, 0) is 5.41 Å². The predicted octanol–water partition coefficient (Wildman–Crippen LogP) is 3.91. The highest BCUT2D eigenvalue weighted by molar-refractivity contribution is 6.31. The largest absolute Gasteiger partial charge is 0.493 e. The van der Waals surface area contributed by atoms with E-state index in [0.29, 0.717) is 12.3 Å². The Morgan fingerprint density at radius 3 is 2.40 bits per heavy atom. The van der Waals surface area contributed by atoms with Gasteiger partial charge < -0.3 is 15.2 Å². The van der Waals surface area contributed by atoms with Gasteiger partial charge in [-0.2, -0.15) is 0 Å². The van der Waals surface area contributed by atoms with Crippen molar-refractivity contribution in [3.63, 3.8) is 0 Å². The Labute approximate surface area is 126 Å². The lowest BCUT2D eigenvalue weighted by Gasteiger charge is -2.30. The quantitative estimate of drug-likeness (QED) is 0.896. The van der Waals surface area contributed by atoms with Crippen LogP contribution in [0.25, 0.3) is 0 Å². The zero-order chi connectivity index (χ0) is 14.8. The van der Waals surface area contributed by atoms with Crippen LogP contribution >= 0.6 is 11.6 Å². The van der Waals surface area contributed by atoms with Crippen LogP contribution in [0.1, 0.15) is 45.1 Å². The number of rotatable bonds is 5. The summed E-state index contributed by atoms with van der Waals surface area (Å²) in [5, 5.41) is 0.730. The maximum atomic E-state index is 6.50. The highest BCUT2D eigenvalue weighted by atomic mass is 35.5. The van der Waals surface area contributed by atoms with Gasteiger partial charge in [-0.15, -0.1) is 0 Å². The van der Waals surface area contributed by atoms with Crippen LogP contribution in [0, 0.1) is 0 Å². The second-order valence-electron chi connectivity index (χ2n) is 5.84. The molecule has 3 nitrogen and oxygen atoms in total. The Morgan fingerprint density at radius 1 is 1.25 bits per heavy atom. The van der Waals surface area contributed by atoms with Crippen LogP contribution in [0.4, 0.5) is 0 Å². The number of methoxy groups -OCH3 is 1. The van der Waals surface area contributed by atoms with Crippen LogP contribution in [0.15, 0.2) is 12.1 Å². The number of benzene rings is 1. The van der Waals surface area contributed by atoms with Gasteiger partial charge in [0.05, 0.1) is 13.2 Å². The second-order valence-corrected chi connectivity index (χ2v) is 6.25. The van der Waals surface area contributed by atoms with Crippen molar-refractivity contribution in [1.29, 1.82) is 0 Å². The Bertz CT molecular complexity index is 468. The van der Waals surface area contributed by atoms with Crippen molar-refractivity contribution in [2.75, 3.05) is 13.7 Å². The van der Waals surface area contributed by atoms with E-state index in [1.54, 1.807) is 7.11 Å². The first-order valence-corrected chi connectivity index (χ1v) is 7.65. The second kappa shape index (κ2) is 6.23. The third-order valence-corrected chi connectivity index (χ3v) is 4.45. The van der Waals surface area contributed by atoms with E-state index in [4.69, 9.17) is 26.8 Å². The molecule has 112 valence electrons. The van der Waals surface area contributed by atoms with E-state index in [2.05, 4.69) is 0 Å². The first kappa shape index (κ1) is 15.5. The third kappa shape index (κ3) is 2.89. The zero-order valence-corrected chi connectivity index (χ0v) is 13.3. The molecule has 0 bridgehead atoms. The number of hydrogen-bond donors (Lipinski definition) is 1. The molecule has 2 N–H and O–H groups in total. The standard InChI is InChI=1S/C16H24ClNO2/c1-11(2)20-15-9-13(17)12(8-14(15)19-3)16(10-18)6-4-5-7-16/h8-9,11H,4-7,10,18H2,1-3H3. The summed E-state index contributed by atoms with van der Waals surface area (Å²) >= 11 is 6.50. The van der Waals surface area contributed by atoms with Crippen LogP contribution in [0.3, 0.4) is 0 Å². The smallest absolute Gasteiger partial charge is 0.163 e. The SMILES string of the molecule is COc1cc(C2(CN)CCCC2)c(Cl)cc1OC(C)C. The molecule has 0 atom stereocenters. The minimum atomic E-state index is 0.000718. The number of hydrogen-bond acceptors (Lipinski definition) is 3. The van der Waals surface area contributed by atoms with Gasteiger partial charge in [0, 0.05) is 23.0 Å². The van der Waals surface area contributed by atoms with Crippen LogP contribution in [-0.4, -0.2) is 19.8 Å². The fourth-order valence-electron chi connectivity index (χ4n) is 3.08. The van der Waals surface area contributed by atoms with Gasteiger partial charge in [-0.05, 0) is 38.3 Å². The highest BCUT2D eigenvalue weighted by Crippen LogP contribution is 2.46. The Hall–Kier alpha value is -0.930. The van der Waals surface area contributed by atoms with Crippen LogP contribution in [0.5, 0.6) is 11.5 Å². The van der Waals surface area contributed by atoms with Crippen molar-refractivity contribution in [1.82, 2.24) is 0 Å². The van der Waals surface area contributed by atoms with Crippen molar-refractivity contribution in [2.24, 2.45) is 5.73 Å². The molecule has 1 aliphatic rings. The van der Waals surface area contributed by atoms with Crippen molar-refractivity contribution in [3.8, 4) is 11.5 Å². The molecule has 1 fully saturated rings. The first-order valence-electron chi connectivity index (χ1n) is 7.27. The molecule has 1 aliphatic carbocycles. The summed E-state index contributed by atoms with van der Waals surface area (Å²) in [7, 11) is 1.66. The number of nitrogens with two attached hydrogens (primary N) is 1. The van der Waals surface area contributed by atoms with Crippen LogP contribution in [0.2, 0.25) is 5.02 Å². The predicted molar refractivity (Wildman–Crippen MR) is 83.0 cm³/mol. The Balaban J connectivity index is 2.44. The molecule has 2 rings (SSSR count). The molecule has 0 saturated heterocycles. The molecule has 0 unspecified atom stereocenters. The topological polar surface area (TPSA) is 44.5 Å². The normalized spacial score (nSPS) is 17.5. The lowest BCUT2D eigenvalue weighted by Crippen LogP contribution is -2.32. The maximum Gasteiger partial charge on any atom is 0.163 e. The highest BCUT2D eigenvalue weighted by Gasteiger charge is 2.36. The van der Waals surface area contributed by atoms with Gasteiger partial charge in [0.2, 0.25) is 0 Å². The molecule has 20 heavy (non-hydrogen) atoms. The summed E-state index contributed by atoms with van der Waals surface area (Å²) in [5.74, 6) is 1.43. The van der Waals surface area contributed by atoms with Gasteiger partial charge in [0.15, 0.2) is 11.5 Å². The molecule has 0 amide bonds. The maximum absolute atomic E-state index is 6.50. The summed E-state index contributed by atoms with van der Waals surface area (Å²) in [6.07, 6.45) is 4.69. The van der Waals surface area contributed by atoms with Crippen molar-refractivity contribution < 1.29 is 9.47 Å². The van der Waals surface area contributed by atoms with E-state index >= 15 is 0 Å². The molecule has 1 saturated carbocycles. The molecule has 1 aromatic carbocycles. The molecule has 0 spiro atoms. The summed E-state index contributed by atoms with van der Waals surface area (Å²) in [5.41, 5.74) is 7.15. The number of ether oxygens (including phenoxy) is 2. The van der Waals surface area contributed by atoms with E-state index in [1.807, 2.05) is 26.0 Å². The van der Waals surface area contributed by atoms with E-state index in [1.165, 1.54) is 12.8 Å². The average Bonchev–Trinajstić information content (AvgIpc) is 2.88. The van der Waals surface area contributed by atoms with E-state index < -0.39 is 0 Å². The minimum Gasteiger partial charge on any atom is -0.493 e. The van der Waals surface area contributed by atoms with Gasteiger partial charge >= 0.3 is 0 Å². The minimum absolute atomic E-state index is 0.000718. The fraction of sp³-hybridized carbons (Fsp3) is 0.625. The molecule has 1 aromatic rings. The van der Waals surface area contributed by atoms with Crippen LogP contribution < -0.4 is 15.2 Å². The molecular weight excluding hydrogens is 274 g/mol. The monoisotopic (exact) mass is 297 g/mol. The molecule has 0 aromatic heterocycles. The summed E-state index contributed by atoms with van der Waals surface area (Å²) < 4.78 is 11.2. The molecule has 0 aliphatic heterocycles. The summed E-state index contributed by atoms with van der Waals surface area (Å²) in [4.78, 5) is 0. The van der Waals surface area contributed by atoms with E-state index in [0.717, 1.165) is 29.2 Å². The van der Waals surface area contributed by atoms with Crippen molar-refractivity contribution in [3.05, 3.63) is 22.7 Å². The van der Waals surface area contributed by atoms with Gasteiger partial charge in [-0.25, -0.2) is 0 Å². The van der Waals surface area contributed by atoms with Gasteiger partial charge in [0.1, 0.15) is 0 Å². The Kier molecular flexibility index (Phi) is 4.82. The lowest BCUT2D eigenvalue weighted by atomic mass is 9.79. The first-order chi connectivity index (χ1) is 9.52. The summed E-state index contributed by atoms with van der Waals surface area (Å²) in [6, 6.07) is 3.88. The molecule has 0 radical (unpaired) electrons. The van der Waals surface area contributed by atoms with Crippen molar-refractivity contribution >= 4 is 11.6 Å². The van der Waals surface area contributed by atoms with E-state index in [-0.39, 0.29) is 11.5 Å². The molecule has 4 heteroatoms.